The molecular weight excluding hydrogens is 246 g/mol. The monoisotopic (exact) mass is 263 g/mol. The van der Waals surface area contributed by atoms with Crippen LogP contribution in [0.4, 0.5) is 0 Å². The van der Waals surface area contributed by atoms with E-state index < -0.39 is 5.41 Å². The first-order valence-corrected chi connectivity index (χ1v) is 6.62. The highest BCUT2D eigenvalue weighted by Crippen LogP contribution is 2.30. The second-order valence-corrected chi connectivity index (χ2v) is 5.04. The SMILES string of the molecule is CC(=O)C(C#N)(Cc1ccccc1C)c1ccccc1. The van der Waals surface area contributed by atoms with E-state index in [4.69, 9.17) is 0 Å². The molecule has 1 atom stereocenters. The van der Waals surface area contributed by atoms with E-state index in [1.165, 1.54) is 6.92 Å². The first kappa shape index (κ1) is 14.0. The Morgan fingerprint density at radius 3 is 2.25 bits per heavy atom. The van der Waals surface area contributed by atoms with Crippen LogP contribution in [0.3, 0.4) is 0 Å². The Kier molecular flexibility index (Phi) is 4.00. The van der Waals surface area contributed by atoms with Crippen LogP contribution in [0.5, 0.6) is 0 Å². The summed E-state index contributed by atoms with van der Waals surface area (Å²) in [5.74, 6) is -0.116. The Morgan fingerprint density at radius 2 is 1.70 bits per heavy atom. The van der Waals surface area contributed by atoms with Crippen molar-refractivity contribution in [2.24, 2.45) is 0 Å². The van der Waals surface area contributed by atoms with E-state index in [0.29, 0.717) is 6.42 Å². The van der Waals surface area contributed by atoms with Crippen molar-refractivity contribution in [1.29, 1.82) is 5.26 Å². The summed E-state index contributed by atoms with van der Waals surface area (Å²) in [4.78, 5) is 12.2. The molecule has 2 rings (SSSR count). The van der Waals surface area contributed by atoms with E-state index in [-0.39, 0.29) is 5.78 Å². The highest BCUT2D eigenvalue weighted by molar-refractivity contribution is 5.91. The van der Waals surface area contributed by atoms with Gasteiger partial charge in [0.25, 0.3) is 0 Å². The van der Waals surface area contributed by atoms with Gasteiger partial charge in [0.15, 0.2) is 5.78 Å². The second kappa shape index (κ2) is 5.71. The Balaban J connectivity index is 2.53. The van der Waals surface area contributed by atoms with Gasteiger partial charge in [-0.2, -0.15) is 5.26 Å². The summed E-state index contributed by atoms with van der Waals surface area (Å²) in [5, 5.41) is 9.68. The van der Waals surface area contributed by atoms with Crippen molar-refractivity contribution >= 4 is 5.78 Å². The van der Waals surface area contributed by atoms with Crippen LogP contribution in [-0.4, -0.2) is 5.78 Å². The minimum Gasteiger partial charge on any atom is -0.298 e. The number of hydrogen-bond acceptors (Lipinski definition) is 2. The lowest BCUT2D eigenvalue weighted by atomic mass is 9.73. The highest BCUT2D eigenvalue weighted by atomic mass is 16.1. The Morgan fingerprint density at radius 1 is 1.10 bits per heavy atom. The molecule has 0 aromatic heterocycles. The molecule has 0 aliphatic heterocycles. The topological polar surface area (TPSA) is 40.9 Å². The van der Waals surface area contributed by atoms with Gasteiger partial charge in [0.1, 0.15) is 5.41 Å². The fraction of sp³-hybridized carbons (Fsp3) is 0.222. The van der Waals surface area contributed by atoms with Crippen molar-refractivity contribution < 1.29 is 4.79 Å². The van der Waals surface area contributed by atoms with Crippen LogP contribution < -0.4 is 0 Å². The molecule has 0 N–H and O–H groups in total. The normalized spacial score (nSPS) is 13.2. The maximum Gasteiger partial charge on any atom is 0.154 e. The van der Waals surface area contributed by atoms with Crippen LogP contribution in [-0.2, 0) is 16.6 Å². The predicted octanol–water partition coefficient (Wildman–Crippen LogP) is 3.59. The van der Waals surface area contributed by atoms with Gasteiger partial charge in [-0.1, -0.05) is 54.6 Å². The molecule has 2 nitrogen and oxygen atoms in total. The van der Waals surface area contributed by atoms with E-state index in [9.17, 15) is 10.1 Å². The fourth-order valence-corrected chi connectivity index (χ4v) is 2.43. The van der Waals surface area contributed by atoms with E-state index in [1.807, 2.05) is 61.5 Å². The van der Waals surface area contributed by atoms with Gasteiger partial charge in [-0.3, -0.25) is 4.79 Å². The van der Waals surface area contributed by atoms with Crippen LogP contribution in [0.1, 0.15) is 23.6 Å². The molecule has 100 valence electrons. The van der Waals surface area contributed by atoms with Crippen LogP contribution >= 0.6 is 0 Å². The molecular formula is C18H17NO. The highest BCUT2D eigenvalue weighted by Gasteiger charge is 2.38. The van der Waals surface area contributed by atoms with Crippen molar-refractivity contribution in [3.05, 3.63) is 71.3 Å². The number of carbonyl (C=O) groups excluding carboxylic acids is 1. The zero-order valence-corrected chi connectivity index (χ0v) is 11.8. The number of nitriles is 1. The molecule has 0 amide bonds. The van der Waals surface area contributed by atoms with E-state index in [0.717, 1.165) is 16.7 Å². The second-order valence-electron chi connectivity index (χ2n) is 5.04. The van der Waals surface area contributed by atoms with Gasteiger partial charge >= 0.3 is 0 Å². The molecule has 2 aromatic rings. The number of carbonyl (C=O) groups is 1. The zero-order chi connectivity index (χ0) is 14.6. The van der Waals surface area contributed by atoms with Crippen LogP contribution in [0, 0.1) is 18.3 Å². The molecule has 0 aliphatic carbocycles. The lowest BCUT2D eigenvalue weighted by Gasteiger charge is -2.25. The van der Waals surface area contributed by atoms with Gasteiger partial charge in [-0.15, -0.1) is 0 Å². The number of rotatable bonds is 4. The third kappa shape index (κ3) is 2.48. The maximum atomic E-state index is 12.2. The minimum atomic E-state index is -1.10. The molecule has 0 saturated carbocycles. The number of ketones is 1. The Labute approximate surface area is 119 Å². The van der Waals surface area contributed by atoms with E-state index >= 15 is 0 Å². The molecule has 2 aromatic carbocycles. The summed E-state index contributed by atoms with van der Waals surface area (Å²) in [6.45, 7) is 3.50. The fourth-order valence-electron chi connectivity index (χ4n) is 2.43. The number of Topliss-reactive ketones (excluding diaryl/α,β-unsaturated/α-hetero) is 1. The van der Waals surface area contributed by atoms with E-state index in [1.54, 1.807) is 0 Å². The standard InChI is InChI=1S/C18H17NO/c1-14-8-6-7-9-16(14)12-18(13-19,15(2)20)17-10-4-3-5-11-17/h3-11H,12H2,1-2H3. The molecule has 20 heavy (non-hydrogen) atoms. The first-order chi connectivity index (χ1) is 9.60. The Hall–Kier alpha value is -2.40. The van der Waals surface area contributed by atoms with Crippen molar-refractivity contribution in [3.63, 3.8) is 0 Å². The minimum absolute atomic E-state index is 0.116. The van der Waals surface area contributed by atoms with Crippen LogP contribution in [0.15, 0.2) is 54.6 Å². The van der Waals surface area contributed by atoms with Crippen molar-refractivity contribution in [2.45, 2.75) is 25.7 Å². The third-order valence-electron chi connectivity index (χ3n) is 3.78. The largest absolute Gasteiger partial charge is 0.298 e. The van der Waals surface area contributed by atoms with Gasteiger partial charge in [0.05, 0.1) is 6.07 Å². The molecule has 0 fully saturated rings. The summed E-state index contributed by atoms with van der Waals surface area (Å²) in [5.41, 5.74) is 1.79. The summed E-state index contributed by atoms with van der Waals surface area (Å²) >= 11 is 0. The van der Waals surface area contributed by atoms with Gasteiger partial charge in [-0.05, 0) is 30.5 Å². The molecule has 2 heteroatoms. The molecule has 0 radical (unpaired) electrons. The van der Waals surface area contributed by atoms with Crippen molar-refractivity contribution in [1.82, 2.24) is 0 Å². The number of nitrogens with zero attached hydrogens (tertiary/aromatic N) is 1. The zero-order valence-electron chi connectivity index (χ0n) is 11.8. The van der Waals surface area contributed by atoms with Crippen molar-refractivity contribution in [3.8, 4) is 6.07 Å². The maximum absolute atomic E-state index is 12.2. The molecule has 0 saturated heterocycles. The summed E-state index contributed by atoms with van der Waals surface area (Å²) < 4.78 is 0. The summed E-state index contributed by atoms with van der Waals surface area (Å²) in [7, 11) is 0. The average Bonchev–Trinajstić information content (AvgIpc) is 2.47. The number of benzene rings is 2. The first-order valence-electron chi connectivity index (χ1n) is 6.62. The smallest absolute Gasteiger partial charge is 0.154 e. The van der Waals surface area contributed by atoms with Gasteiger partial charge in [-0.25, -0.2) is 0 Å². The molecule has 0 spiro atoms. The third-order valence-corrected chi connectivity index (χ3v) is 3.78. The van der Waals surface area contributed by atoms with Crippen LogP contribution in [0.2, 0.25) is 0 Å². The van der Waals surface area contributed by atoms with E-state index in [2.05, 4.69) is 6.07 Å². The summed E-state index contributed by atoms with van der Waals surface area (Å²) in [6, 6.07) is 19.5. The van der Waals surface area contributed by atoms with Crippen LogP contribution in [0.25, 0.3) is 0 Å². The lowest BCUT2D eigenvalue weighted by molar-refractivity contribution is -0.120. The van der Waals surface area contributed by atoms with Crippen molar-refractivity contribution in [2.75, 3.05) is 0 Å². The number of aryl methyl sites for hydroxylation is 1. The van der Waals surface area contributed by atoms with Gasteiger partial charge in [0.2, 0.25) is 0 Å². The molecule has 0 heterocycles. The van der Waals surface area contributed by atoms with Gasteiger partial charge in [0, 0.05) is 6.42 Å². The Bertz CT molecular complexity index is 655. The average molecular weight is 263 g/mol. The quantitative estimate of drug-likeness (QED) is 0.845. The molecule has 0 bridgehead atoms. The predicted molar refractivity (Wildman–Crippen MR) is 79.3 cm³/mol. The van der Waals surface area contributed by atoms with Gasteiger partial charge < -0.3 is 0 Å². The number of hydrogen-bond donors (Lipinski definition) is 0. The molecule has 1 unspecified atom stereocenters. The summed E-state index contributed by atoms with van der Waals surface area (Å²) in [6.07, 6.45) is 0.412. The lowest BCUT2D eigenvalue weighted by Crippen LogP contribution is -2.35. The molecule has 0 aliphatic rings.